The number of hydrogen-bond acceptors (Lipinski definition) is 3. The Morgan fingerprint density at radius 2 is 1.11 bits per heavy atom. The fourth-order valence-electron chi connectivity index (χ4n) is 8.49. The van der Waals surface area contributed by atoms with Gasteiger partial charge in [-0.2, -0.15) is 5.26 Å². The van der Waals surface area contributed by atoms with Crippen LogP contribution in [0.15, 0.2) is 188 Å². The number of nitrogens with zero attached hydrogens (tertiary/aromatic N) is 3. The molecule has 7 aromatic carbocycles. The first kappa shape index (κ1) is 30.7. The van der Waals surface area contributed by atoms with Gasteiger partial charge < -0.3 is 0 Å². The Kier molecular flexibility index (Phi) is 7.09. The minimum absolute atomic E-state index is 0.508. The lowest BCUT2D eigenvalue weighted by atomic mass is 9.67. The van der Waals surface area contributed by atoms with E-state index in [1.807, 2.05) is 18.2 Å². The molecule has 0 aliphatic heterocycles. The van der Waals surface area contributed by atoms with Gasteiger partial charge in [0.1, 0.15) is 6.07 Å². The van der Waals surface area contributed by atoms with Gasteiger partial charge in [0.05, 0.1) is 22.4 Å². The first-order chi connectivity index (χ1) is 26.2. The van der Waals surface area contributed by atoms with Crippen molar-refractivity contribution in [2.45, 2.75) is 5.41 Å². The summed E-state index contributed by atoms with van der Waals surface area (Å²) >= 11 is 0. The lowest BCUT2D eigenvalue weighted by Gasteiger charge is -2.34. The average Bonchev–Trinajstić information content (AvgIpc) is 3.54. The Morgan fingerprint density at radius 3 is 1.89 bits per heavy atom. The van der Waals surface area contributed by atoms with Crippen LogP contribution in [0.1, 0.15) is 27.8 Å². The third kappa shape index (κ3) is 4.81. The fourth-order valence-corrected chi connectivity index (χ4v) is 8.49. The first-order valence-corrected chi connectivity index (χ1v) is 17.9. The van der Waals surface area contributed by atoms with E-state index < -0.39 is 5.41 Å². The summed E-state index contributed by atoms with van der Waals surface area (Å²) in [6.07, 6.45) is 3.35. The molecule has 3 nitrogen and oxygen atoms in total. The number of pyridine rings is 2. The molecule has 10 rings (SSSR count). The monoisotopic (exact) mass is 673 g/mol. The van der Waals surface area contributed by atoms with Crippen molar-refractivity contribution in [1.82, 2.24) is 9.97 Å². The van der Waals surface area contributed by atoms with E-state index in [4.69, 9.17) is 4.98 Å². The second-order valence-corrected chi connectivity index (χ2v) is 13.7. The summed E-state index contributed by atoms with van der Waals surface area (Å²) in [6, 6.07) is 65.6. The van der Waals surface area contributed by atoms with Gasteiger partial charge in [0.25, 0.3) is 0 Å². The molecule has 0 bridgehead atoms. The number of aromatic nitrogens is 2. The van der Waals surface area contributed by atoms with E-state index in [-0.39, 0.29) is 0 Å². The zero-order valence-electron chi connectivity index (χ0n) is 28.7. The van der Waals surface area contributed by atoms with E-state index in [0.29, 0.717) is 5.56 Å². The van der Waals surface area contributed by atoms with E-state index in [2.05, 4.69) is 169 Å². The largest absolute Gasteiger partial charge is 0.263 e. The Labute approximate surface area is 308 Å². The highest BCUT2D eigenvalue weighted by Crippen LogP contribution is 2.59. The van der Waals surface area contributed by atoms with Gasteiger partial charge in [0.15, 0.2) is 0 Å². The molecule has 0 unspecified atom stereocenters. The van der Waals surface area contributed by atoms with E-state index >= 15 is 0 Å². The molecule has 0 atom stereocenters. The molecule has 2 aromatic heterocycles. The summed E-state index contributed by atoms with van der Waals surface area (Å²) in [6.45, 7) is 0. The average molecular weight is 674 g/mol. The summed E-state index contributed by atoms with van der Waals surface area (Å²) in [5.41, 5.74) is 13.2. The zero-order chi connectivity index (χ0) is 35.4. The van der Waals surface area contributed by atoms with Crippen molar-refractivity contribution < 1.29 is 0 Å². The predicted octanol–water partition coefficient (Wildman–Crippen LogP) is 12.0. The lowest BCUT2D eigenvalue weighted by molar-refractivity contribution is 0.769. The number of benzene rings is 7. The van der Waals surface area contributed by atoms with Crippen LogP contribution in [0.4, 0.5) is 0 Å². The van der Waals surface area contributed by atoms with Crippen LogP contribution < -0.4 is 0 Å². The molecule has 0 fully saturated rings. The van der Waals surface area contributed by atoms with Crippen LogP contribution in [-0.4, -0.2) is 9.97 Å². The van der Waals surface area contributed by atoms with Crippen LogP contribution in [0.5, 0.6) is 0 Å². The maximum Gasteiger partial charge on any atom is 0.101 e. The second-order valence-electron chi connectivity index (χ2n) is 13.7. The molecule has 1 aliphatic rings. The normalized spacial score (nSPS) is 12.7. The molecule has 0 spiro atoms. The SMILES string of the molecule is N#Cc1cncc(-c2cccc(-c3cc4c(c5ccccc35)-c3ccc(-c5ccc6ccccc6c5)cc3C4(c3ccccc3)c3ccccc3)n2)c1. The third-order valence-electron chi connectivity index (χ3n) is 10.8. The van der Waals surface area contributed by atoms with Gasteiger partial charge in [-0.1, -0.05) is 140 Å². The van der Waals surface area contributed by atoms with Crippen LogP contribution >= 0.6 is 0 Å². The highest BCUT2D eigenvalue weighted by molar-refractivity contribution is 6.10. The third-order valence-corrected chi connectivity index (χ3v) is 10.8. The summed E-state index contributed by atoms with van der Waals surface area (Å²) in [5, 5.41) is 14.4. The summed E-state index contributed by atoms with van der Waals surface area (Å²) in [4.78, 5) is 9.56. The van der Waals surface area contributed by atoms with Crippen LogP contribution in [0.2, 0.25) is 0 Å². The molecule has 9 aromatic rings. The van der Waals surface area contributed by atoms with E-state index in [0.717, 1.165) is 27.9 Å². The maximum atomic E-state index is 9.57. The number of hydrogen-bond donors (Lipinski definition) is 0. The van der Waals surface area contributed by atoms with Gasteiger partial charge in [-0.15, -0.1) is 0 Å². The molecule has 1 aliphatic carbocycles. The van der Waals surface area contributed by atoms with E-state index in [1.54, 1.807) is 12.4 Å². The molecular weight excluding hydrogens is 643 g/mol. The molecule has 246 valence electrons. The molecular formula is C50H31N3. The van der Waals surface area contributed by atoms with Crippen molar-refractivity contribution >= 4 is 21.5 Å². The molecule has 0 amide bonds. The Balaban J connectivity index is 1.29. The number of rotatable bonds is 5. The molecule has 0 saturated heterocycles. The molecule has 2 heterocycles. The molecule has 0 radical (unpaired) electrons. The summed E-state index contributed by atoms with van der Waals surface area (Å²) < 4.78 is 0. The van der Waals surface area contributed by atoms with E-state index in [9.17, 15) is 5.26 Å². The number of nitriles is 1. The van der Waals surface area contributed by atoms with Gasteiger partial charge >= 0.3 is 0 Å². The first-order valence-electron chi connectivity index (χ1n) is 17.9. The van der Waals surface area contributed by atoms with Crippen LogP contribution in [0, 0.1) is 11.3 Å². The van der Waals surface area contributed by atoms with Gasteiger partial charge in [0.2, 0.25) is 0 Å². The van der Waals surface area contributed by atoms with Crippen molar-refractivity contribution in [3.05, 3.63) is 216 Å². The molecule has 0 saturated carbocycles. The van der Waals surface area contributed by atoms with Gasteiger partial charge in [0, 0.05) is 23.5 Å². The van der Waals surface area contributed by atoms with Crippen LogP contribution in [0.25, 0.3) is 66.3 Å². The molecule has 0 N–H and O–H groups in total. The maximum absolute atomic E-state index is 9.57. The Morgan fingerprint density at radius 1 is 0.453 bits per heavy atom. The quantitative estimate of drug-likeness (QED) is 0.183. The molecule has 3 heteroatoms. The highest BCUT2D eigenvalue weighted by Gasteiger charge is 2.47. The van der Waals surface area contributed by atoms with Crippen molar-refractivity contribution in [2.24, 2.45) is 0 Å². The minimum Gasteiger partial charge on any atom is -0.263 e. The van der Waals surface area contributed by atoms with Crippen molar-refractivity contribution in [1.29, 1.82) is 5.26 Å². The van der Waals surface area contributed by atoms with Gasteiger partial charge in [-0.05, 0) is 102 Å². The van der Waals surface area contributed by atoms with Crippen molar-refractivity contribution in [2.75, 3.05) is 0 Å². The summed E-state index contributed by atoms with van der Waals surface area (Å²) in [5.74, 6) is 0. The van der Waals surface area contributed by atoms with Crippen LogP contribution in [0.3, 0.4) is 0 Å². The topological polar surface area (TPSA) is 49.6 Å². The number of fused-ring (bicyclic) bond motifs is 6. The Hall–Kier alpha value is -7.15. The van der Waals surface area contributed by atoms with Gasteiger partial charge in [-0.25, -0.2) is 4.98 Å². The van der Waals surface area contributed by atoms with Gasteiger partial charge in [-0.3, -0.25) is 4.98 Å². The minimum atomic E-state index is -0.610. The molecule has 53 heavy (non-hydrogen) atoms. The fraction of sp³-hybridized carbons (Fsp3) is 0.0200. The van der Waals surface area contributed by atoms with Crippen molar-refractivity contribution in [3.63, 3.8) is 0 Å². The second kappa shape index (κ2) is 12.3. The smallest absolute Gasteiger partial charge is 0.101 e. The van der Waals surface area contributed by atoms with E-state index in [1.165, 1.54) is 60.7 Å². The Bertz CT molecular complexity index is 2860. The standard InChI is InChI=1S/C50H31N3/c51-30-33-26-38(32-52-31-33)47-20-11-21-48(53-47)44-29-46-49(42-19-10-9-18-41(42)44)43-25-24-37(36-23-22-34-12-7-8-13-35(34)27-36)28-45(43)50(46,39-14-3-1-4-15-39)40-16-5-2-6-17-40/h1-29,31-32H. The van der Waals surface area contributed by atoms with Crippen molar-refractivity contribution in [3.8, 4) is 50.8 Å². The van der Waals surface area contributed by atoms with Crippen LogP contribution in [-0.2, 0) is 5.41 Å². The predicted molar refractivity (Wildman–Crippen MR) is 215 cm³/mol. The summed E-state index contributed by atoms with van der Waals surface area (Å²) in [7, 11) is 0. The lowest BCUT2D eigenvalue weighted by Crippen LogP contribution is -2.28. The highest BCUT2D eigenvalue weighted by atomic mass is 14.7. The zero-order valence-corrected chi connectivity index (χ0v) is 28.7.